The number of quaternary nitrogens is 1. The fourth-order valence-corrected chi connectivity index (χ4v) is 3.33. The Balaban J connectivity index is 0. The maximum Gasteiger partial charge on any atom is 0.194 e. The number of hydrogen-bond acceptors (Lipinski definition) is 1. The summed E-state index contributed by atoms with van der Waals surface area (Å²) in [6.07, 6.45) is 22.6. The van der Waals surface area contributed by atoms with Crippen molar-refractivity contribution in [2.24, 2.45) is 0 Å². The molecule has 160 valence electrons. The maximum atomic E-state index is 10.1. The minimum absolute atomic E-state index is 0. The Hall–Kier alpha value is 0.210. The molecule has 0 saturated carbocycles. The Morgan fingerprint density at radius 2 is 0.846 bits per heavy atom. The molecule has 2 nitrogen and oxygen atoms in total. The standard InChI is InChI=1S/C23H50NO.ClH/c1-6-7-8-9-10-11-12-13-14-15-16-17-18-19-20-21-22-24(4,5)23(2,3)25;/h25H,6-22H2,1-5H3;1H/q+1;/p-1. The van der Waals surface area contributed by atoms with Gasteiger partial charge in [0, 0.05) is 13.8 Å². The minimum Gasteiger partial charge on any atom is -1.00 e. The first-order chi connectivity index (χ1) is 11.8. The topological polar surface area (TPSA) is 20.2 Å². The molecule has 0 heterocycles. The molecule has 0 spiro atoms. The van der Waals surface area contributed by atoms with Gasteiger partial charge in [0.15, 0.2) is 5.72 Å². The Kier molecular flexibility index (Phi) is 18.9. The summed E-state index contributed by atoms with van der Waals surface area (Å²) in [5.74, 6) is 0. The van der Waals surface area contributed by atoms with Gasteiger partial charge in [0.1, 0.15) is 0 Å². The molecule has 0 aromatic rings. The van der Waals surface area contributed by atoms with Crippen molar-refractivity contribution in [1.82, 2.24) is 0 Å². The van der Waals surface area contributed by atoms with Crippen LogP contribution in [0.3, 0.4) is 0 Å². The van der Waals surface area contributed by atoms with Crippen molar-refractivity contribution in [2.45, 2.75) is 129 Å². The van der Waals surface area contributed by atoms with Crippen molar-refractivity contribution in [2.75, 3.05) is 20.6 Å². The fourth-order valence-electron chi connectivity index (χ4n) is 3.33. The van der Waals surface area contributed by atoms with E-state index in [1.54, 1.807) is 0 Å². The molecule has 0 aliphatic heterocycles. The summed E-state index contributed by atoms with van der Waals surface area (Å²) in [4.78, 5) is 0. The third-order valence-corrected chi connectivity index (χ3v) is 6.05. The average molecular weight is 392 g/mol. The normalized spacial score (nSPS) is 12.2. The van der Waals surface area contributed by atoms with E-state index >= 15 is 0 Å². The third-order valence-electron chi connectivity index (χ3n) is 6.05. The van der Waals surface area contributed by atoms with Crippen molar-refractivity contribution in [3.63, 3.8) is 0 Å². The molecule has 0 bridgehead atoms. The summed E-state index contributed by atoms with van der Waals surface area (Å²) >= 11 is 0. The van der Waals surface area contributed by atoms with E-state index in [1.807, 2.05) is 13.8 Å². The van der Waals surface area contributed by atoms with Gasteiger partial charge in [-0.2, -0.15) is 0 Å². The second kappa shape index (κ2) is 17.3. The van der Waals surface area contributed by atoms with Gasteiger partial charge in [0.2, 0.25) is 0 Å². The van der Waals surface area contributed by atoms with Crippen LogP contribution in [0.25, 0.3) is 0 Å². The van der Waals surface area contributed by atoms with Gasteiger partial charge in [-0.05, 0) is 12.8 Å². The highest BCUT2D eigenvalue weighted by molar-refractivity contribution is 4.53. The first-order valence-electron chi connectivity index (χ1n) is 11.4. The van der Waals surface area contributed by atoms with Gasteiger partial charge in [0.25, 0.3) is 0 Å². The van der Waals surface area contributed by atoms with Crippen molar-refractivity contribution < 1.29 is 22.0 Å². The van der Waals surface area contributed by atoms with Gasteiger partial charge in [-0.1, -0.05) is 96.8 Å². The molecule has 0 saturated heterocycles. The summed E-state index contributed by atoms with van der Waals surface area (Å²) in [5, 5.41) is 10.1. The predicted octanol–water partition coefficient (Wildman–Crippen LogP) is 4.06. The number of aliphatic hydroxyl groups is 1. The molecule has 1 N–H and O–H groups in total. The van der Waals surface area contributed by atoms with E-state index < -0.39 is 5.72 Å². The molecule has 0 amide bonds. The molecule has 0 aromatic heterocycles. The van der Waals surface area contributed by atoms with Gasteiger partial charge in [-0.15, -0.1) is 0 Å². The van der Waals surface area contributed by atoms with Crippen molar-refractivity contribution >= 4 is 0 Å². The number of rotatable bonds is 18. The third kappa shape index (κ3) is 16.4. The molecule has 0 atom stereocenters. The Morgan fingerprint density at radius 1 is 0.577 bits per heavy atom. The molecule has 0 aromatic carbocycles. The van der Waals surface area contributed by atoms with Crippen LogP contribution in [0, 0.1) is 0 Å². The first kappa shape index (κ1) is 28.4. The Labute approximate surface area is 172 Å². The SMILES string of the molecule is CCCCCCCCCCCCCCCCCC[N+](C)(C)C(C)(C)O.[Cl-]. The van der Waals surface area contributed by atoms with Crippen LogP contribution in [-0.4, -0.2) is 36.0 Å². The Bertz CT molecular complexity index is 286. The van der Waals surface area contributed by atoms with E-state index in [4.69, 9.17) is 0 Å². The van der Waals surface area contributed by atoms with Crippen LogP contribution in [0.4, 0.5) is 0 Å². The Morgan fingerprint density at radius 3 is 1.12 bits per heavy atom. The summed E-state index contributed by atoms with van der Waals surface area (Å²) in [5.41, 5.74) is -0.629. The number of unbranched alkanes of at least 4 members (excludes halogenated alkanes) is 15. The van der Waals surface area contributed by atoms with Gasteiger partial charge < -0.3 is 22.0 Å². The first-order valence-corrected chi connectivity index (χ1v) is 11.4. The minimum atomic E-state index is -0.629. The monoisotopic (exact) mass is 391 g/mol. The zero-order valence-corrected chi connectivity index (χ0v) is 19.5. The molecule has 26 heavy (non-hydrogen) atoms. The van der Waals surface area contributed by atoms with Crippen molar-refractivity contribution in [3.05, 3.63) is 0 Å². The molecule has 0 rings (SSSR count). The summed E-state index contributed by atoms with van der Waals surface area (Å²) in [6.45, 7) is 7.19. The second-order valence-corrected chi connectivity index (χ2v) is 9.21. The molecular formula is C23H50ClNO. The van der Waals surface area contributed by atoms with E-state index in [9.17, 15) is 5.11 Å². The summed E-state index contributed by atoms with van der Waals surface area (Å²) in [6, 6.07) is 0. The molecule has 0 aliphatic rings. The second-order valence-electron chi connectivity index (χ2n) is 9.21. The van der Waals surface area contributed by atoms with Crippen LogP contribution < -0.4 is 12.4 Å². The van der Waals surface area contributed by atoms with Crippen LogP contribution >= 0.6 is 0 Å². The fraction of sp³-hybridized carbons (Fsp3) is 1.00. The smallest absolute Gasteiger partial charge is 0.194 e. The highest BCUT2D eigenvalue weighted by Crippen LogP contribution is 2.19. The van der Waals surface area contributed by atoms with Gasteiger partial charge in [0.05, 0.1) is 20.6 Å². The molecule has 0 unspecified atom stereocenters. The van der Waals surface area contributed by atoms with Gasteiger partial charge in [-0.25, -0.2) is 0 Å². The molecule has 3 heteroatoms. The zero-order valence-electron chi connectivity index (χ0n) is 18.8. The van der Waals surface area contributed by atoms with Crippen LogP contribution in [0.5, 0.6) is 0 Å². The highest BCUT2D eigenvalue weighted by Gasteiger charge is 2.33. The largest absolute Gasteiger partial charge is 1.00 e. The van der Waals surface area contributed by atoms with Crippen LogP contribution in [0.1, 0.15) is 124 Å². The summed E-state index contributed by atoms with van der Waals surface area (Å²) < 4.78 is 0.700. The average Bonchev–Trinajstić information content (AvgIpc) is 2.53. The van der Waals surface area contributed by atoms with E-state index in [1.165, 1.54) is 103 Å². The quantitative estimate of drug-likeness (QED) is 0.212. The number of halogens is 1. The molecule has 0 aliphatic carbocycles. The van der Waals surface area contributed by atoms with Crippen LogP contribution in [0.2, 0.25) is 0 Å². The molecular weight excluding hydrogens is 342 g/mol. The van der Waals surface area contributed by atoms with Crippen LogP contribution in [-0.2, 0) is 0 Å². The lowest BCUT2D eigenvalue weighted by atomic mass is 10.0. The number of hydrogen-bond donors (Lipinski definition) is 1. The van der Waals surface area contributed by atoms with Crippen molar-refractivity contribution in [3.8, 4) is 0 Å². The van der Waals surface area contributed by atoms with E-state index in [-0.39, 0.29) is 12.4 Å². The zero-order chi connectivity index (χ0) is 19.0. The highest BCUT2D eigenvalue weighted by atomic mass is 35.5. The van der Waals surface area contributed by atoms with Crippen molar-refractivity contribution in [1.29, 1.82) is 0 Å². The summed E-state index contributed by atoms with van der Waals surface area (Å²) in [7, 11) is 4.26. The van der Waals surface area contributed by atoms with Crippen LogP contribution in [0.15, 0.2) is 0 Å². The predicted molar refractivity (Wildman–Crippen MR) is 113 cm³/mol. The van der Waals surface area contributed by atoms with E-state index in [0.29, 0.717) is 4.48 Å². The van der Waals surface area contributed by atoms with E-state index in [0.717, 1.165) is 6.54 Å². The maximum absolute atomic E-state index is 10.1. The lowest BCUT2D eigenvalue weighted by molar-refractivity contribution is -0.962. The molecule has 0 radical (unpaired) electrons. The van der Waals surface area contributed by atoms with Gasteiger partial charge in [-0.3, -0.25) is 0 Å². The van der Waals surface area contributed by atoms with E-state index in [2.05, 4.69) is 21.0 Å². The van der Waals surface area contributed by atoms with Gasteiger partial charge >= 0.3 is 0 Å². The molecule has 0 fully saturated rings. The lowest BCUT2D eigenvalue weighted by Gasteiger charge is -2.40. The lowest BCUT2D eigenvalue weighted by Crippen LogP contribution is -3.00. The number of nitrogens with zero attached hydrogens (tertiary/aromatic N) is 1.